The van der Waals surface area contributed by atoms with Crippen molar-refractivity contribution < 1.29 is 4.79 Å². The lowest BCUT2D eigenvalue weighted by atomic mass is 10.1. The molecule has 0 fully saturated rings. The third kappa shape index (κ3) is 3.52. The largest absolute Gasteiger partial charge is 0.321 e. The molecule has 3 aromatic carbocycles. The molecule has 5 nitrogen and oxygen atoms in total. The van der Waals surface area contributed by atoms with Crippen molar-refractivity contribution in [1.82, 2.24) is 15.0 Å². The van der Waals surface area contributed by atoms with E-state index in [-0.39, 0.29) is 5.91 Å². The highest BCUT2D eigenvalue weighted by Gasteiger charge is 2.15. The van der Waals surface area contributed by atoms with Crippen molar-refractivity contribution in [3.63, 3.8) is 0 Å². The van der Waals surface area contributed by atoms with Crippen molar-refractivity contribution in [2.24, 2.45) is 0 Å². The number of amides is 1. The number of aryl methyl sites for hydroxylation is 1. The van der Waals surface area contributed by atoms with Crippen molar-refractivity contribution in [1.29, 1.82) is 0 Å². The van der Waals surface area contributed by atoms with E-state index in [4.69, 9.17) is 23.2 Å². The summed E-state index contributed by atoms with van der Waals surface area (Å²) >= 11 is 12.5. The molecule has 7 heteroatoms. The van der Waals surface area contributed by atoms with Crippen LogP contribution in [0.5, 0.6) is 0 Å². The molecule has 0 aliphatic heterocycles. The summed E-state index contributed by atoms with van der Waals surface area (Å²) in [5, 5.41) is 12.5. The van der Waals surface area contributed by atoms with Crippen LogP contribution in [0.2, 0.25) is 10.0 Å². The van der Waals surface area contributed by atoms with Gasteiger partial charge in [-0.05, 0) is 48.9 Å². The smallest absolute Gasteiger partial charge is 0.257 e. The van der Waals surface area contributed by atoms with E-state index in [1.807, 2.05) is 43.3 Å². The van der Waals surface area contributed by atoms with Gasteiger partial charge in [0.15, 0.2) is 0 Å². The Kier molecular flexibility index (Phi) is 4.56. The summed E-state index contributed by atoms with van der Waals surface area (Å²) in [5.74, 6) is -0.336. The standard InChI is InChI=1S/C20H14Cl2N4O/c1-12-7-8-14(15(21)9-12)20(27)23-17-11-19-18(10-16(17)22)24-26(25-19)13-5-3-2-4-6-13/h2-11H,1H3,(H,23,27). The van der Waals surface area contributed by atoms with Crippen LogP contribution in [0, 0.1) is 6.92 Å². The number of carbonyl (C=O) groups excluding carboxylic acids is 1. The summed E-state index contributed by atoms with van der Waals surface area (Å²) in [7, 11) is 0. The van der Waals surface area contributed by atoms with Gasteiger partial charge >= 0.3 is 0 Å². The Morgan fingerprint density at radius 1 is 0.926 bits per heavy atom. The molecule has 0 unspecified atom stereocenters. The van der Waals surface area contributed by atoms with Gasteiger partial charge in [0.25, 0.3) is 5.91 Å². The molecule has 1 aromatic heterocycles. The predicted octanol–water partition coefficient (Wildman–Crippen LogP) is 5.29. The molecule has 0 saturated heterocycles. The van der Waals surface area contributed by atoms with E-state index in [1.54, 1.807) is 24.3 Å². The first-order chi connectivity index (χ1) is 13.0. The van der Waals surface area contributed by atoms with Crippen LogP contribution >= 0.6 is 23.2 Å². The van der Waals surface area contributed by atoms with Gasteiger partial charge in [0.2, 0.25) is 0 Å². The summed E-state index contributed by atoms with van der Waals surface area (Å²) in [6, 6.07) is 18.2. The average molecular weight is 397 g/mol. The summed E-state index contributed by atoms with van der Waals surface area (Å²) in [4.78, 5) is 14.1. The first-order valence-electron chi connectivity index (χ1n) is 8.21. The SMILES string of the molecule is Cc1ccc(C(=O)Nc2cc3nn(-c4ccccc4)nc3cc2Cl)c(Cl)c1. The Morgan fingerprint density at radius 2 is 1.63 bits per heavy atom. The van der Waals surface area contributed by atoms with E-state index in [2.05, 4.69) is 15.5 Å². The summed E-state index contributed by atoms with van der Waals surface area (Å²) in [6.07, 6.45) is 0. The Labute approximate surface area is 165 Å². The van der Waals surface area contributed by atoms with E-state index in [0.717, 1.165) is 11.3 Å². The zero-order valence-corrected chi connectivity index (χ0v) is 15.8. The molecule has 0 aliphatic rings. The lowest BCUT2D eigenvalue weighted by Gasteiger charge is -2.08. The normalized spacial score (nSPS) is 10.9. The summed E-state index contributed by atoms with van der Waals surface area (Å²) < 4.78 is 0. The second-order valence-electron chi connectivity index (χ2n) is 6.08. The number of aromatic nitrogens is 3. The van der Waals surface area contributed by atoms with Gasteiger partial charge in [0.1, 0.15) is 11.0 Å². The zero-order chi connectivity index (χ0) is 19.0. The molecule has 0 aliphatic carbocycles. The van der Waals surface area contributed by atoms with Crippen molar-refractivity contribution in [3.05, 3.63) is 81.8 Å². The number of hydrogen-bond acceptors (Lipinski definition) is 3. The molecule has 0 spiro atoms. The number of para-hydroxylation sites is 1. The lowest BCUT2D eigenvalue weighted by Crippen LogP contribution is -2.12. The van der Waals surface area contributed by atoms with Crippen LogP contribution < -0.4 is 5.32 Å². The van der Waals surface area contributed by atoms with E-state index in [1.165, 1.54) is 4.80 Å². The summed E-state index contributed by atoms with van der Waals surface area (Å²) in [5.41, 5.74) is 3.90. The Hall–Kier alpha value is -2.89. The molecule has 0 atom stereocenters. The Morgan fingerprint density at radius 3 is 2.33 bits per heavy atom. The minimum absolute atomic E-state index is 0.336. The van der Waals surface area contributed by atoms with Crippen LogP contribution in [-0.4, -0.2) is 20.9 Å². The van der Waals surface area contributed by atoms with Crippen LogP contribution in [0.15, 0.2) is 60.7 Å². The number of fused-ring (bicyclic) bond motifs is 1. The van der Waals surface area contributed by atoms with Crippen molar-refractivity contribution in [3.8, 4) is 5.69 Å². The number of anilines is 1. The second kappa shape index (κ2) is 7.02. The number of halogens is 2. The van der Waals surface area contributed by atoms with Crippen LogP contribution in [0.4, 0.5) is 5.69 Å². The van der Waals surface area contributed by atoms with Crippen LogP contribution in [0.3, 0.4) is 0 Å². The molecule has 0 saturated carbocycles. The van der Waals surface area contributed by atoms with Gasteiger partial charge in [0.05, 0.1) is 27.0 Å². The van der Waals surface area contributed by atoms with Crippen LogP contribution in [-0.2, 0) is 0 Å². The number of nitrogens with one attached hydrogen (secondary N) is 1. The van der Waals surface area contributed by atoms with Crippen LogP contribution in [0.1, 0.15) is 15.9 Å². The molecule has 0 bridgehead atoms. The van der Waals surface area contributed by atoms with E-state index in [0.29, 0.717) is 32.3 Å². The van der Waals surface area contributed by atoms with Gasteiger partial charge in [-0.1, -0.05) is 47.5 Å². The lowest BCUT2D eigenvalue weighted by molar-refractivity contribution is 0.102. The first-order valence-corrected chi connectivity index (χ1v) is 8.96. The van der Waals surface area contributed by atoms with E-state index < -0.39 is 0 Å². The summed E-state index contributed by atoms with van der Waals surface area (Å²) in [6.45, 7) is 1.91. The number of carbonyl (C=O) groups is 1. The topological polar surface area (TPSA) is 59.8 Å². The van der Waals surface area contributed by atoms with Gasteiger partial charge in [-0.25, -0.2) is 0 Å². The maximum atomic E-state index is 12.6. The molecule has 0 radical (unpaired) electrons. The highest BCUT2D eigenvalue weighted by molar-refractivity contribution is 6.36. The predicted molar refractivity (Wildman–Crippen MR) is 108 cm³/mol. The number of hydrogen-bond donors (Lipinski definition) is 1. The average Bonchev–Trinajstić information content (AvgIpc) is 3.05. The maximum Gasteiger partial charge on any atom is 0.257 e. The third-order valence-corrected chi connectivity index (χ3v) is 4.70. The fraction of sp³-hybridized carbons (Fsp3) is 0.0500. The molecule has 1 N–H and O–H groups in total. The first kappa shape index (κ1) is 17.5. The monoisotopic (exact) mass is 396 g/mol. The van der Waals surface area contributed by atoms with Gasteiger partial charge in [-0.2, -0.15) is 4.80 Å². The molecular weight excluding hydrogens is 383 g/mol. The van der Waals surface area contributed by atoms with Crippen LogP contribution in [0.25, 0.3) is 16.7 Å². The number of rotatable bonds is 3. The fourth-order valence-corrected chi connectivity index (χ4v) is 3.23. The van der Waals surface area contributed by atoms with Gasteiger partial charge < -0.3 is 5.32 Å². The quantitative estimate of drug-likeness (QED) is 0.511. The Balaban J connectivity index is 1.68. The maximum absolute atomic E-state index is 12.6. The minimum Gasteiger partial charge on any atom is -0.321 e. The van der Waals surface area contributed by atoms with E-state index in [9.17, 15) is 4.79 Å². The molecule has 4 rings (SSSR count). The van der Waals surface area contributed by atoms with Crippen molar-refractivity contribution >= 4 is 45.8 Å². The van der Waals surface area contributed by atoms with E-state index >= 15 is 0 Å². The Bertz CT molecular complexity index is 1160. The van der Waals surface area contributed by atoms with Gasteiger partial charge in [-0.15, -0.1) is 10.2 Å². The van der Waals surface area contributed by atoms with Gasteiger partial charge in [-0.3, -0.25) is 4.79 Å². The molecule has 1 heterocycles. The number of benzene rings is 3. The van der Waals surface area contributed by atoms with Gasteiger partial charge in [0, 0.05) is 0 Å². The molecular formula is C20H14Cl2N4O. The molecule has 4 aromatic rings. The minimum atomic E-state index is -0.336. The molecule has 1 amide bonds. The fourth-order valence-electron chi connectivity index (χ4n) is 2.70. The number of nitrogens with zero attached hydrogens (tertiary/aromatic N) is 3. The molecule has 134 valence electrons. The zero-order valence-electron chi connectivity index (χ0n) is 14.3. The van der Waals surface area contributed by atoms with Crippen molar-refractivity contribution in [2.75, 3.05) is 5.32 Å². The highest BCUT2D eigenvalue weighted by atomic mass is 35.5. The second-order valence-corrected chi connectivity index (χ2v) is 6.90. The van der Waals surface area contributed by atoms with Crippen molar-refractivity contribution in [2.45, 2.75) is 6.92 Å². The highest BCUT2D eigenvalue weighted by Crippen LogP contribution is 2.28. The third-order valence-electron chi connectivity index (χ3n) is 4.07. The molecule has 27 heavy (non-hydrogen) atoms.